The lowest BCUT2D eigenvalue weighted by Crippen LogP contribution is -2.49. The van der Waals surface area contributed by atoms with Gasteiger partial charge in [-0.1, -0.05) is 13.8 Å². The number of rotatable bonds is 7. The van der Waals surface area contributed by atoms with Gasteiger partial charge in [-0.3, -0.25) is 19.3 Å². The van der Waals surface area contributed by atoms with Crippen LogP contribution in [0.4, 0.5) is 11.4 Å². The molecule has 1 aliphatic heterocycles. The lowest BCUT2D eigenvalue weighted by molar-refractivity contribution is -0.143. The smallest absolute Gasteiger partial charge is 0.325 e. The molecular weight excluding hydrogens is 432 g/mol. The molecule has 178 valence electrons. The third-order valence-electron chi connectivity index (χ3n) is 6.35. The maximum absolute atomic E-state index is 12.4. The Morgan fingerprint density at radius 3 is 2.26 bits per heavy atom. The summed E-state index contributed by atoms with van der Waals surface area (Å²) in [6.45, 7) is 7.73. The van der Waals surface area contributed by atoms with Gasteiger partial charge >= 0.3 is 5.97 Å². The summed E-state index contributed by atoms with van der Waals surface area (Å²) in [4.78, 5) is 43.4. The van der Waals surface area contributed by atoms with Gasteiger partial charge in [-0.15, -0.1) is 0 Å². The number of hydrogen-bond donors (Lipinski definition) is 3. The Balaban J connectivity index is 1.53. The van der Waals surface area contributed by atoms with Crippen LogP contribution >= 0.6 is 0 Å². The predicted octanol–water partition coefficient (Wildman–Crippen LogP) is 3.91. The van der Waals surface area contributed by atoms with Crippen molar-refractivity contribution in [2.45, 2.75) is 26.8 Å². The van der Waals surface area contributed by atoms with Crippen molar-refractivity contribution in [1.29, 1.82) is 0 Å². The average molecular weight is 463 g/mol. The molecule has 0 bridgehead atoms. The van der Waals surface area contributed by atoms with Gasteiger partial charge in [0.05, 0.1) is 0 Å². The molecule has 1 saturated heterocycles. The first kappa shape index (κ1) is 23.5. The van der Waals surface area contributed by atoms with Crippen molar-refractivity contribution in [3.05, 3.63) is 59.8 Å². The number of fused-ring (bicyclic) bond motifs is 1. The van der Waals surface area contributed by atoms with Gasteiger partial charge in [-0.2, -0.15) is 0 Å². The van der Waals surface area contributed by atoms with E-state index in [0.29, 0.717) is 43.0 Å². The van der Waals surface area contributed by atoms with Crippen LogP contribution in [0.25, 0.3) is 10.9 Å². The SMILES string of the molecule is CC(=O)c1ccc(N2CCN(C(C(=O)O)c3c[nH]c4ccc(NC(=O)C(C)C)cc34)CC2)cc1. The Labute approximate surface area is 198 Å². The van der Waals surface area contributed by atoms with Crippen molar-refractivity contribution >= 4 is 39.9 Å². The zero-order valence-electron chi connectivity index (χ0n) is 19.7. The van der Waals surface area contributed by atoms with E-state index in [1.165, 1.54) is 0 Å². The van der Waals surface area contributed by atoms with Crippen molar-refractivity contribution in [3.8, 4) is 0 Å². The van der Waals surface area contributed by atoms with Crippen LogP contribution in [0.15, 0.2) is 48.7 Å². The number of aromatic amines is 1. The van der Waals surface area contributed by atoms with Crippen molar-refractivity contribution in [2.24, 2.45) is 5.92 Å². The fourth-order valence-corrected chi connectivity index (χ4v) is 4.36. The van der Waals surface area contributed by atoms with Crippen molar-refractivity contribution < 1.29 is 19.5 Å². The highest BCUT2D eigenvalue weighted by Crippen LogP contribution is 2.32. The van der Waals surface area contributed by atoms with Crippen molar-refractivity contribution in [3.63, 3.8) is 0 Å². The molecule has 1 atom stereocenters. The van der Waals surface area contributed by atoms with Gasteiger partial charge in [0.1, 0.15) is 6.04 Å². The molecule has 3 aromatic rings. The number of H-pyrrole nitrogens is 1. The van der Waals surface area contributed by atoms with Crippen LogP contribution < -0.4 is 10.2 Å². The second-order valence-corrected chi connectivity index (χ2v) is 9.02. The van der Waals surface area contributed by atoms with Crippen LogP contribution in [-0.2, 0) is 9.59 Å². The molecule has 2 heterocycles. The van der Waals surface area contributed by atoms with Gasteiger partial charge in [-0.25, -0.2) is 0 Å². The maximum atomic E-state index is 12.4. The van der Waals surface area contributed by atoms with E-state index < -0.39 is 12.0 Å². The van der Waals surface area contributed by atoms with E-state index in [1.807, 2.05) is 61.2 Å². The van der Waals surface area contributed by atoms with Crippen LogP contribution in [0, 0.1) is 5.92 Å². The largest absolute Gasteiger partial charge is 0.480 e. The molecule has 0 aliphatic carbocycles. The molecule has 1 aromatic heterocycles. The molecule has 0 radical (unpaired) electrons. The van der Waals surface area contributed by atoms with E-state index >= 15 is 0 Å². The van der Waals surface area contributed by atoms with Gasteiger partial charge in [-0.05, 0) is 49.4 Å². The van der Waals surface area contributed by atoms with Crippen LogP contribution in [0.1, 0.15) is 42.7 Å². The number of amides is 1. The first-order valence-electron chi connectivity index (χ1n) is 11.5. The van der Waals surface area contributed by atoms with Crippen LogP contribution in [-0.4, -0.2) is 58.8 Å². The van der Waals surface area contributed by atoms with Crippen molar-refractivity contribution in [2.75, 3.05) is 36.4 Å². The zero-order valence-corrected chi connectivity index (χ0v) is 19.7. The number of nitrogens with zero attached hydrogens (tertiary/aromatic N) is 2. The molecule has 8 nitrogen and oxygen atoms in total. The first-order valence-corrected chi connectivity index (χ1v) is 11.5. The monoisotopic (exact) mass is 462 g/mol. The molecule has 1 aliphatic rings. The fourth-order valence-electron chi connectivity index (χ4n) is 4.36. The summed E-state index contributed by atoms with van der Waals surface area (Å²) in [6, 6.07) is 12.2. The highest BCUT2D eigenvalue weighted by molar-refractivity contribution is 5.97. The fraction of sp³-hybridized carbons (Fsp3) is 0.346. The van der Waals surface area contributed by atoms with E-state index in [0.717, 1.165) is 16.6 Å². The molecule has 34 heavy (non-hydrogen) atoms. The number of benzene rings is 2. The number of ketones is 1. The molecule has 1 unspecified atom stereocenters. The topological polar surface area (TPSA) is 106 Å². The minimum absolute atomic E-state index is 0.0336. The molecule has 0 saturated carbocycles. The summed E-state index contributed by atoms with van der Waals surface area (Å²) < 4.78 is 0. The van der Waals surface area contributed by atoms with Gasteiger partial charge in [0.25, 0.3) is 0 Å². The van der Waals surface area contributed by atoms with Crippen LogP contribution in [0.3, 0.4) is 0 Å². The molecular formula is C26H30N4O4. The minimum atomic E-state index is -0.906. The number of aliphatic carboxylic acids is 1. The van der Waals surface area contributed by atoms with Gasteiger partial charge < -0.3 is 20.3 Å². The number of carboxylic acid groups (broad SMARTS) is 1. The van der Waals surface area contributed by atoms with Crippen molar-refractivity contribution in [1.82, 2.24) is 9.88 Å². The summed E-state index contributed by atoms with van der Waals surface area (Å²) in [5.74, 6) is -1.11. The minimum Gasteiger partial charge on any atom is -0.480 e. The average Bonchev–Trinajstić information content (AvgIpc) is 3.22. The van der Waals surface area contributed by atoms with Crippen LogP contribution in [0.5, 0.6) is 0 Å². The Bertz CT molecular complexity index is 1210. The predicted molar refractivity (Wildman–Crippen MR) is 132 cm³/mol. The molecule has 1 amide bonds. The Morgan fingerprint density at radius 2 is 1.68 bits per heavy atom. The standard InChI is InChI=1S/C26H30N4O4/c1-16(2)25(32)28-19-6-9-23-21(14-19)22(15-27-23)24(26(33)34)30-12-10-29(11-13-30)20-7-4-18(5-8-20)17(3)31/h4-9,14-16,24,27H,10-13H2,1-3H3,(H,28,32)(H,33,34). The zero-order chi connectivity index (χ0) is 24.4. The summed E-state index contributed by atoms with van der Waals surface area (Å²) in [7, 11) is 0. The number of Topliss-reactive ketones (excluding diaryl/α,β-unsaturated/α-hetero) is 1. The molecule has 1 fully saturated rings. The molecule has 0 spiro atoms. The van der Waals surface area contributed by atoms with Gasteiger partial charge in [0.2, 0.25) is 5.91 Å². The van der Waals surface area contributed by atoms with E-state index in [-0.39, 0.29) is 17.6 Å². The van der Waals surface area contributed by atoms with Gasteiger partial charge in [0.15, 0.2) is 5.78 Å². The second-order valence-electron chi connectivity index (χ2n) is 9.02. The van der Waals surface area contributed by atoms with E-state index in [2.05, 4.69) is 15.2 Å². The Hall–Kier alpha value is -3.65. The Morgan fingerprint density at radius 1 is 1.00 bits per heavy atom. The molecule has 8 heteroatoms. The lowest BCUT2D eigenvalue weighted by atomic mass is 10.0. The van der Waals surface area contributed by atoms with Crippen LogP contribution in [0.2, 0.25) is 0 Å². The number of anilines is 2. The summed E-state index contributed by atoms with van der Waals surface area (Å²) in [5, 5.41) is 13.8. The summed E-state index contributed by atoms with van der Waals surface area (Å²) >= 11 is 0. The normalized spacial score (nSPS) is 15.5. The highest BCUT2D eigenvalue weighted by Gasteiger charge is 2.32. The maximum Gasteiger partial charge on any atom is 0.325 e. The number of hydrogen-bond acceptors (Lipinski definition) is 5. The number of piperazine rings is 1. The highest BCUT2D eigenvalue weighted by atomic mass is 16.4. The quantitative estimate of drug-likeness (QED) is 0.460. The second kappa shape index (κ2) is 9.69. The lowest BCUT2D eigenvalue weighted by Gasteiger charge is -2.38. The number of carbonyl (C=O) groups is 3. The number of nitrogens with one attached hydrogen (secondary N) is 2. The van der Waals surface area contributed by atoms with E-state index in [4.69, 9.17) is 0 Å². The Kier molecular flexibility index (Phi) is 6.70. The first-order chi connectivity index (χ1) is 16.2. The molecule has 4 rings (SSSR count). The van der Waals surface area contributed by atoms with E-state index in [9.17, 15) is 19.5 Å². The molecule has 3 N–H and O–H groups in total. The third kappa shape index (κ3) is 4.82. The summed E-state index contributed by atoms with van der Waals surface area (Å²) in [6.07, 6.45) is 1.75. The number of carboxylic acids is 1. The van der Waals surface area contributed by atoms with E-state index in [1.54, 1.807) is 13.1 Å². The number of aromatic nitrogens is 1. The third-order valence-corrected chi connectivity index (χ3v) is 6.35. The van der Waals surface area contributed by atoms with Gasteiger partial charge in [0, 0.05) is 71.7 Å². The molecule has 2 aromatic carbocycles. The summed E-state index contributed by atoms with van der Waals surface area (Å²) in [5.41, 5.74) is 3.86. The number of carbonyl (C=O) groups excluding carboxylic acids is 2.